The maximum absolute atomic E-state index is 13.4. The highest BCUT2D eigenvalue weighted by Gasteiger charge is 2.41. The van der Waals surface area contributed by atoms with Gasteiger partial charge in [-0.3, -0.25) is 29.3 Å². The number of amides is 3. The molecule has 2 atom stereocenters. The molecule has 3 rings (SSSR count). The summed E-state index contributed by atoms with van der Waals surface area (Å²) < 4.78 is 5.70. The van der Waals surface area contributed by atoms with Crippen LogP contribution in [0.3, 0.4) is 0 Å². The number of unbranched alkanes of at least 4 members (excludes halogenated alkanes) is 4. The minimum atomic E-state index is -0.677. The van der Waals surface area contributed by atoms with Gasteiger partial charge in [-0.25, -0.2) is 0 Å². The Morgan fingerprint density at radius 2 is 1.68 bits per heavy atom. The van der Waals surface area contributed by atoms with Gasteiger partial charge < -0.3 is 15.0 Å². The van der Waals surface area contributed by atoms with Gasteiger partial charge in [-0.15, -0.1) is 0 Å². The van der Waals surface area contributed by atoms with Gasteiger partial charge in [0.25, 0.3) is 5.91 Å². The average molecular weight is 528 g/mol. The zero-order valence-electron chi connectivity index (χ0n) is 22.7. The molecule has 2 unspecified atom stereocenters. The van der Waals surface area contributed by atoms with E-state index in [9.17, 15) is 24.0 Å². The molecule has 1 heterocycles. The fourth-order valence-electron chi connectivity index (χ4n) is 5.32. The summed E-state index contributed by atoms with van der Waals surface area (Å²) in [6.07, 6.45) is 6.25. The molecular formula is C29H41N3O6. The van der Waals surface area contributed by atoms with Crippen LogP contribution >= 0.6 is 0 Å². The van der Waals surface area contributed by atoms with Crippen LogP contribution < -0.4 is 15.4 Å². The van der Waals surface area contributed by atoms with Crippen molar-refractivity contribution in [3.63, 3.8) is 0 Å². The van der Waals surface area contributed by atoms with Gasteiger partial charge in [-0.2, -0.15) is 0 Å². The molecule has 1 saturated heterocycles. The van der Waals surface area contributed by atoms with Crippen molar-refractivity contribution in [3.05, 3.63) is 29.3 Å². The second-order valence-corrected chi connectivity index (χ2v) is 10.1. The van der Waals surface area contributed by atoms with Crippen molar-refractivity contribution in [2.45, 2.75) is 71.6 Å². The second-order valence-electron chi connectivity index (χ2n) is 10.1. The molecule has 9 heteroatoms. The molecular weight excluding hydrogens is 486 g/mol. The lowest BCUT2D eigenvalue weighted by atomic mass is 9.79. The molecule has 0 saturated carbocycles. The number of carbonyl (C=O) groups is 5. The van der Waals surface area contributed by atoms with Gasteiger partial charge in [0.2, 0.25) is 11.8 Å². The van der Waals surface area contributed by atoms with Crippen LogP contribution in [0.5, 0.6) is 5.75 Å². The van der Waals surface area contributed by atoms with Crippen molar-refractivity contribution in [1.29, 1.82) is 0 Å². The van der Waals surface area contributed by atoms with Gasteiger partial charge >= 0.3 is 0 Å². The van der Waals surface area contributed by atoms with Gasteiger partial charge in [0.1, 0.15) is 5.75 Å². The maximum atomic E-state index is 13.4. The van der Waals surface area contributed by atoms with Crippen molar-refractivity contribution in [2.75, 3.05) is 32.8 Å². The summed E-state index contributed by atoms with van der Waals surface area (Å²) in [5.41, 5.74) is 0.380. The molecule has 0 bridgehead atoms. The third-order valence-corrected chi connectivity index (χ3v) is 7.58. The van der Waals surface area contributed by atoms with Crippen LogP contribution in [0.25, 0.3) is 0 Å². The Morgan fingerprint density at radius 3 is 2.42 bits per heavy atom. The summed E-state index contributed by atoms with van der Waals surface area (Å²) in [6.45, 7) is 7.99. The minimum absolute atomic E-state index is 0.0859. The number of hydrogen-bond acceptors (Lipinski definition) is 7. The molecule has 1 aromatic rings. The summed E-state index contributed by atoms with van der Waals surface area (Å²) in [4.78, 5) is 65.0. The third-order valence-electron chi connectivity index (χ3n) is 7.58. The molecule has 2 N–H and O–H groups in total. The molecule has 9 nitrogen and oxygen atoms in total. The smallest absolute Gasteiger partial charge is 0.257 e. The van der Waals surface area contributed by atoms with E-state index in [4.69, 9.17) is 4.74 Å². The van der Waals surface area contributed by atoms with Gasteiger partial charge in [0, 0.05) is 36.8 Å². The first-order valence-corrected chi connectivity index (χ1v) is 14.0. The van der Waals surface area contributed by atoms with E-state index in [0.29, 0.717) is 6.54 Å². The molecule has 3 amide bonds. The lowest BCUT2D eigenvalue weighted by Gasteiger charge is -2.27. The third kappa shape index (κ3) is 7.96. The normalized spacial score (nSPS) is 19.7. The van der Waals surface area contributed by atoms with E-state index in [-0.39, 0.29) is 72.5 Å². The molecule has 0 aromatic heterocycles. The summed E-state index contributed by atoms with van der Waals surface area (Å²) in [5.74, 6) is -2.75. The Morgan fingerprint density at radius 1 is 0.974 bits per heavy atom. The highest BCUT2D eigenvalue weighted by atomic mass is 16.5. The van der Waals surface area contributed by atoms with Crippen molar-refractivity contribution >= 4 is 29.3 Å². The zero-order chi connectivity index (χ0) is 27.5. The number of rotatable bonds is 14. The quantitative estimate of drug-likeness (QED) is 0.216. The number of Topliss-reactive ketones (excluding diaryl/α,β-unsaturated/α-hetero) is 2. The number of benzene rings is 1. The zero-order valence-corrected chi connectivity index (χ0v) is 22.7. The number of ether oxygens (including phenoxy) is 1. The maximum Gasteiger partial charge on any atom is 0.257 e. The van der Waals surface area contributed by atoms with Crippen LogP contribution in [-0.4, -0.2) is 67.0 Å². The van der Waals surface area contributed by atoms with Crippen molar-refractivity contribution in [3.8, 4) is 5.75 Å². The van der Waals surface area contributed by atoms with Gasteiger partial charge in [-0.1, -0.05) is 45.2 Å². The number of fused-ring (bicyclic) bond motifs is 1. The summed E-state index contributed by atoms with van der Waals surface area (Å²) in [5, 5.41) is 5.16. The summed E-state index contributed by atoms with van der Waals surface area (Å²) >= 11 is 0. The lowest BCUT2D eigenvalue weighted by Crippen LogP contribution is -2.45. The molecule has 1 aliphatic carbocycles. The Hall–Kier alpha value is -3.07. The molecule has 38 heavy (non-hydrogen) atoms. The standard InChI is InChI=1S/C29H41N3O6/c1-3-32(4-2)18-9-7-5-6-8-17-30-26(35)19-38-24-12-10-11-22-27(24)23(33)15-13-20(28(22)36)21-14-16-25(34)31-29(21)37/h10-12,20-21H,3-9,13-19H2,1-2H3,(H,30,35)(H,31,34,37). The van der Waals surface area contributed by atoms with E-state index in [2.05, 4.69) is 29.4 Å². The van der Waals surface area contributed by atoms with E-state index in [1.165, 1.54) is 12.8 Å². The van der Waals surface area contributed by atoms with Crippen molar-refractivity contribution in [2.24, 2.45) is 11.8 Å². The van der Waals surface area contributed by atoms with Crippen molar-refractivity contribution < 1.29 is 28.7 Å². The SMILES string of the molecule is CCN(CC)CCCCCCCNC(=O)COc1cccc2c1C(=O)CCC(C1CCC(=O)NC1=O)C2=O. The Labute approximate surface area is 225 Å². The number of hydrogen-bond donors (Lipinski definition) is 2. The molecule has 1 aliphatic heterocycles. The number of nitrogens with zero attached hydrogens (tertiary/aromatic N) is 1. The van der Waals surface area contributed by atoms with E-state index >= 15 is 0 Å². The van der Waals surface area contributed by atoms with Crippen LogP contribution in [0.1, 0.15) is 92.4 Å². The Bertz CT molecular complexity index is 1020. The number of nitrogens with one attached hydrogen (secondary N) is 2. The van der Waals surface area contributed by atoms with Gasteiger partial charge in [0.05, 0.1) is 5.56 Å². The Kier molecular flexibility index (Phi) is 11.5. The molecule has 0 radical (unpaired) electrons. The number of piperidine rings is 1. The monoisotopic (exact) mass is 527 g/mol. The van der Waals surface area contributed by atoms with E-state index < -0.39 is 17.7 Å². The largest absolute Gasteiger partial charge is 0.483 e. The second kappa shape index (κ2) is 14.8. The number of carbonyl (C=O) groups excluding carboxylic acids is 5. The Balaban J connectivity index is 1.48. The summed E-state index contributed by atoms with van der Waals surface area (Å²) in [6, 6.07) is 4.76. The van der Waals surface area contributed by atoms with Crippen LogP contribution in [-0.2, 0) is 14.4 Å². The molecule has 1 fully saturated rings. The van der Waals surface area contributed by atoms with Crippen LogP contribution in [0.2, 0.25) is 0 Å². The van der Waals surface area contributed by atoms with Crippen LogP contribution in [0.4, 0.5) is 0 Å². The highest BCUT2D eigenvalue weighted by Crippen LogP contribution is 2.36. The van der Waals surface area contributed by atoms with Crippen LogP contribution in [0, 0.1) is 11.8 Å². The first-order valence-electron chi connectivity index (χ1n) is 14.0. The molecule has 2 aliphatic rings. The average Bonchev–Trinajstić information content (AvgIpc) is 3.03. The first kappa shape index (κ1) is 29.5. The predicted octanol–water partition coefficient (Wildman–Crippen LogP) is 3.30. The van der Waals surface area contributed by atoms with Crippen molar-refractivity contribution in [1.82, 2.24) is 15.5 Å². The van der Waals surface area contributed by atoms with Gasteiger partial charge in [0.15, 0.2) is 18.2 Å². The molecule has 208 valence electrons. The number of ketones is 2. The highest BCUT2D eigenvalue weighted by molar-refractivity contribution is 6.14. The number of imide groups is 1. The molecule has 0 spiro atoms. The molecule has 1 aromatic carbocycles. The van der Waals surface area contributed by atoms with E-state index in [1.807, 2.05) is 0 Å². The first-order chi connectivity index (χ1) is 18.3. The summed E-state index contributed by atoms with van der Waals surface area (Å²) in [7, 11) is 0. The predicted molar refractivity (Wildman–Crippen MR) is 143 cm³/mol. The van der Waals surface area contributed by atoms with E-state index in [0.717, 1.165) is 38.9 Å². The van der Waals surface area contributed by atoms with Crippen LogP contribution in [0.15, 0.2) is 18.2 Å². The topological polar surface area (TPSA) is 122 Å². The van der Waals surface area contributed by atoms with Gasteiger partial charge in [-0.05, 0) is 51.4 Å². The fraction of sp³-hybridized carbons (Fsp3) is 0.621. The van der Waals surface area contributed by atoms with E-state index in [1.54, 1.807) is 18.2 Å². The lowest BCUT2D eigenvalue weighted by molar-refractivity contribution is -0.137. The fourth-order valence-corrected chi connectivity index (χ4v) is 5.32. The minimum Gasteiger partial charge on any atom is -0.483 e.